The highest BCUT2D eigenvalue weighted by atomic mass is 32.2. The highest BCUT2D eigenvalue weighted by Crippen LogP contribution is 2.32. The van der Waals surface area contributed by atoms with E-state index in [4.69, 9.17) is 13.9 Å². The maximum atomic E-state index is 5.64. The monoisotopic (exact) mass is 319 g/mol. The molecule has 0 bridgehead atoms. The van der Waals surface area contributed by atoms with Gasteiger partial charge in [0.25, 0.3) is 0 Å². The zero-order chi connectivity index (χ0) is 15.4. The average molecular weight is 319 g/mol. The second-order valence-electron chi connectivity index (χ2n) is 4.15. The highest BCUT2D eigenvalue weighted by molar-refractivity contribution is 7.98. The van der Waals surface area contributed by atoms with Gasteiger partial charge in [-0.15, -0.1) is 10.2 Å². The first-order valence-electron chi connectivity index (χ1n) is 6.33. The molecule has 0 aliphatic carbocycles. The highest BCUT2D eigenvalue weighted by Gasteiger charge is 2.12. The molecule has 0 saturated heterocycles. The lowest BCUT2D eigenvalue weighted by Crippen LogP contribution is -1.90. The Balaban J connectivity index is 1.75. The maximum Gasteiger partial charge on any atom is 0.247 e. The van der Waals surface area contributed by atoms with Gasteiger partial charge in [0.15, 0.2) is 16.7 Å². The Morgan fingerprint density at radius 2 is 2.05 bits per heavy atom. The van der Waals surface area contributed by atoms with E-state index in [1.807, 2.05) is 6.07 Å². The number of nitrogens with zero attached hydrogens (tertiary/aromatic N) is 4. The molecule has 0 atom stereocenters. The fourth-order valence-corrected chi connectivity index (χ4v) is 2.41. The van der Waals surface area contributed by atoms with E-state index in [9.17, 15) is 0 Å². The Labute approximate surface area is 130 Å². The summed E-state index contributed by atoms with van der Waals surface area (Å²) in [6.45, 7) is 0. The third kappa shape index (κ3) is 3.03. The van der Waals surface area contributed by atoms with Gasteiger partial charge in [0.2, 0.25) is 11.8 Å². The van der Waals surface area contributed by atoms with Crippen LogP contribution in [0.5, 0.6) is 11.5 Å². The zero-order valence-corrected chi connectivity index (χ0v) is 12.8. The number of H-pyrrole nitrogens is 1. The second kappa shape index (κ2) is 6.48. The zero-order valence-electron chi connectivity index (χ0n) is 11.9. The number of hydrogen-bond donors (Lipinski definition) is 1. The fraction of sp³-hybridized carbons (Fsp3) is 0.231. The van der Waals surface area contributed by atoms with Gasteiger partial charge in [0, 0.05) is 5.56 Å². The summed E-state index contributed by atoms with van der Waals surface area (Å²) in [7, 11) is 3.16. The Morgan fingerprint density at radius 1 is 1.18 bits per heavy atom. The molecule has 114 valence electrons. The number of aromatic nitrogens is 5. The Hall–Kier alpha value is -2.55. The SMILES string of the molecule is COc1ccc(-c2nnc(CSc3ncn[nH]3)o2)cc1OC. The van der Waals surface area contributed by atoms with Crippen LogP contribution in [-0.2, 0) is 5.75 Å². The molecule has 0 spiro atoms. The van der Waals surface area contributed by atoms with Crippen molar-refractivity contribution in [3.05, 3.63) is 30.4 Å². The Kier molecular flexibility index (Phi) is 4.24. The smallest absolute Gasteiger partial charge is 0.247 e. The summed E-state index contributed by atoms with van der Waals surface area (Å²) >= 11 is 1.43. The van der Waals surface area contributed by atoms with Crippen LogP contribution in [0, 0.1) is 0 Å². The lowest BCUT2D eigenvalue weighted by molar-refractivity contribution is 0.355. The molecule has 1 N–H and O–H groups in total. The van der Waals surface area contributed by atoms with Crippen LogP contribution in [0.4, 0.5) is 0 Å². The van der Waals surface area contributed by atoms with Crippen molar-refractivity contribution in [2.45, 2.75) is 10.9 Å². The predicted octanol–water partition coefficient (Wildman–Crippen LogP) is 2.16. The van der Waals surface area contributed by atoms with Gasteiger partial charge < -0.3 is 13.9 Å². The Bertz CT molecular complexity index is 744. The van der Waals surface area contributed by atoms with Gasteiger partial charge in [-0.05, 0) is 18.2 Å². The van der Waals surface area contributed by atoms with Crippen LogP contribution in [-0.4, -0.2) is 39.6 Å². The summed E-state index contributed by atoms with van der Waals surface area (Å²) in [5.74, 6) is 2.69. The molecule has 0 aliphatic rings. The van der Waals surface area contributed by atoms with Crippen LogP contribution in [0.15, 0.2) is 34.1 Å². The second-order valence-corrected chi connectivity index (χ2v) is 5.11. The molecular weight excluding hydrogens is 306 g/mol. The quantitative estimate of drug-likeness (QED) is 0.690. The Morgan fingerprint density at radius 3 is 2.77 bits per heavy atom. The lowest BCUT2D eigenvalue weighted by atomic mass is 10.2. The summed E-state index contributed by atoms with van der Waals surface area (Å²) in [6, 6.07) is 5.42. The van der Waals surface area contributed by atoms with Crippen LogP contribution >= 0.6 is 11.8 Å². The van der Waals surface area contributed by atoms with Gasteiger partial charge in [0.1, 0.15) is 6.33 Å². The predicted molar refractivity (Wildman–Crippen MR) is 78.8 cm³/mol. The van der Waals surface area contributed by atoms with Crippen LogP contribution < -0.4 is 9.47 Å². The largest absolute Gasteiger partial charge is 0.493 e. The van der Waals surface area contributed by atoms with E-state index in [0.29, 0.717) is 34.2 Å². The number of aromatic amines is 1. The number of ether oxygens (including phenoxy) is 2. The van der Waals surface area contributed by atoms with Gasteiger partial charge >= 0.3 is 0 Å². The molecule has 2 aromatic heterocycles. The summed E-state index contributed by atoms with van der Waals surface area (Å²) in [5, 5.41) is 15.3. The number of nitrogens with one attached hydrogen (secondary N) is 1. The van der Waals surface area contributed by atoms with E-state index in [2.05, 4.69) is 25.4 Å². The number of hydrogen-bond acceptors (Lipinski definition) is 8. The fourth-order valence-electron chi connectivity index (χ4n) is 1.79. The first-order valence-corrected chi connectivity index (χ1v) is 7.31. The summed E-state index contributed by atoms with van der Waals surface area (Å²) < 4.78 is 16.1. The van der Waals surface area contributed by atoms with Crippen molar-refractivity contribution in [3.8, 4) is 23.0 Å². The molecule has 8 nitrogen and oxygen atoms in total. The molecule has 2 heterocycles. The normalized spacial score (nSPS) is 10.6. The van der Waals surface area contributed by atoms with E-state index in [1.54, 1.807) is 26.4 Å². The van der Waals surface area contributed by atoms with Gasteiger partial charge in [-0.1, -0.05) is 11.8 Å². The maximum absolute atomic E-state index is 5.64. The minimum atomic E-state index is 0.425. The number of benzene rings is 1. The molecule has 0 radical (unpaired) electrons. The van der Waals surface area contributed by atoms with E-state index in [-0.39, 0.29) is 0 Å². The van der Waals surface area contributed by atoms with Crippen LogP contribution in [0.25, 0.3) is 11.5 Å². The van der Waals surface area contributed by atoms with Gasteiger partial charge in [0.05, 0.1) is 20.0 Å². The molecular formula is C13H13N5O3S. The average Bonchev–Trinajstić information content (AvgIpc) is 3.23. The van der Waals surface area contributed by atoms with Crippen LogP contribution in [0.3, 0.4) is 0 Å². The molecule has 0 amide bonds. The molecule has 9 heteroatoms. The summed E-state index contributed by atoms with van der Waals surface area (Å²) in [6.07, 6.45) is 1.45. The summed E-state index contributed by atoms with van der Waals surface area (Å²) in [5.41, 5.74) is 0.765. The van der Waals surface area contributed by atoms with Crippen molar-refractivity contribution in [1.82, 2.24) is 25.4 Å². The standard InChI is InChI=1S/C13H13N5O3S/c1-19-9-4-3-8(5-10(9)20-2)12-17-16-11(21-12)6-22-13-14-7-15-18-13/h3-5,7H,6H2,1-2H3,(H,14,15,18). The van der Waals surface area contributed by atoms with Gasteiger partial charge in [-0.2, -0.15) is 5.10 Å². The minimum Gasteiger partial charge on any atom is -0.493 e. The van der Waals surface area contributed by atoms with Gasteiger partial charge in [-0.3, -0.25) is 5.10 Å². The van der Waals surface area contributed by atoms with Crippen LogP contribution in [0.1, 0.15) is 5.89 Å². The van der Waals surface area contributed by atoms with Crippen molar-refractivity contribution >= 4 is 11.8 Å². The number of thioether (sulfide) groups is 1. The molecule has 0 fully saturated rings. The molecule has 22 heavy (non-hydrogen) atoms. The third-order valence-electron chi connectivity index (χ3n) is 2.82. The first-order chi connectivity index (χ1) is 10.8. The molecule has 0 aliphatic heterocycles. The lowest BCUT2D eigenvalue weighted by Gasteiger charge is -2.07. The number of rotatable bonds is 6. The number of methoxy groups -OCH3 is 2. The molecule has 0 unspecified atom stereocenters. The van der Waals surface area contributed by atoms with Crippen molar-refractivity contribution in [2.75, 3.05) is 14.2 Å². The van der Waals surface area contributed by atoms with Crippen molar-refractivity contribution in [3.63, 3.8) is 0 Å². The van der Waals surface area contributed by atoms with E-state index in [1.165, 1.54) is 18.1 Å². The van der Waals surface area contributed by atoms with Crippen LogP contribution in [0.2, 0.25) is 0 Å². The van der Waals surface area contributed by atoms with Crippen molar-refractivity contribution in [1.29, 1.82) is 0 Å². The van der Waals surface area contributed by atoms with E-state index in [0.717, 1.165) is 5.56 Å². The van der Waals surface area contributed by atoms with E-state index < -0.39 is 0 Å². The summed E-state index contributed by atoms with van der Waals surface area (Å²) in [4.78, 5) is 4.01. The van der Waals surface area contributed by atoms with Gasteiger partial charge in [-0.25, -0.2) is 4.98 Å². The minimum absolute atomic E-state index is 0.425. The first kappa shape index (κ1) is 14.4. The topological polar surface area (TPSA) is 99.0 Å². The van der Waals surface area contributed by atoms with E-state index >= 15 is 0 Å². The molecule has 3 rings (SSSR count). The molecule has 3 aromatic rings. The van der Waals surface area contributed by atoms with Crippen molar-refractivity contribution < 1.29 is 13.9 Å². The third-order valence-corrected chi connectivity index (χ3v) is 3.68. The van der Waals surface area contributed by atoms with Crippen molar-refractivity contribution in [2.24, 2.45) is 0 Å². The molecule has 1 aromatic carbocycles. The molecule has 0 saturated carbocycles.